The SMILES string of the molecule is Nc1ccc(C(=O)O)c(NC(=O)c2cn[nH]n2)c1. The van der Waals surface area contributed by atoms with Crippen LogP contribution in [0.25, 0.3) is 0 Å². The number of nitrogen functional groups attached to an aromatic ring is 1. The van der Waals surface area contributed by atoms with E-state index in [0.717, 1.165) is 0 Å². The number of hydrogen-bond donors (Lipinski definition) is 4. The predicted octanol–water partition coefficient (Wildman–Crippen LogP) is 0.337. The van der Waals surface area contributed by atoms with Crippen molar-refractivity contribution < 1.29 is 14.7 Å². The summed E-state index contributed by atoms with van der Waals surface area (Å²) >= 11 is 0. The molecule has 0 atom stereocenters. The van der Waals surface area contributed by atoms with Gasteiger partial charge in [-0.3, -0.25) is 4.79 Å². The fourth-order valence-electron chi connectivity index (χ4n) is 1.35. The number of hydrogen-bond acceptors (Lipinski definition) is 5. The normalized spacial score (nSPS) is 10.0. The number of aromatic nitrogens is 3. The fraction of sp³-hybridized carbons (Fsp3) is 0. The number of aromatic carboxylic acids is 1. The quantitative estimate of drug-likeness (QED) is 0.577. The molecule has 0 saturated carbocycles. The lowest BCUT2D eigenvalue weighted by Crippen LogP contribution is -2.15. The van der Waals surface area contributed by atoms with Crippen molar-refractivity contribution in [1.29, 1.82) is 0 Å². The van der Waals surface area contributed by atoms with Crippen LogP contribution in [0.3, 0.4) is 0 Å². The van der Waals surface area contributed by atoms with Crippen LogP contribution in [0.1, 0.15) is 20.8 Å². The molecule has 0 aliphatic rings. The average Bonchev–Trinajstić information content (AvgIpc) is 2.81. The van der Waals surface area contributed by atoms with Gasteiger partial charge in [-0.05, 0) is 18.2 Å². The Balaban J connectivity index is 2.31. The van der Waals surface area contributed by atoms with Crippen LogP contribution in [0.15, 0.2) is 24.4 Å². The van der Waals surface area contributed by atoms with Gasteiger partial charge in [0.15, 0.2) is 5.69 Å². The summed E-state index contributed by atoms with van der Waals surface area (Å²) in [4.78, 5) is 22.7. The monoisotopic (exact) mass is 247 g/mol. The maximum Gasteiger partial charge on any atom is 0.337 e. The molecule has 0 unspecified atom stereocenters. The molecule has 18 heavy (non-hydrogen) atoms. The van der Waals surface area contributed by atoms with Gasteiger partial charge in [0.1, 0.15) is 0 Å². The largest absolute Gasteiger partial charge is 0.478 e. The zero-order valence-corrected chi connectivity index (χ0v) is 9.04. The van der Waals surface area contributed by atoms with E-state index in [-0.39, 0.29) is 16.9 Å². The molecule has 8 nitrogen and oxygen atoms in total. The highest BCUT2D eigenvalue weighted by atomic mass is 16.4. The first-order valence-corrected chi connectivity index (χ1v) is 4.88. The van der Waals surface area contributed by atoms with Gasteiger partial charge in [-0.25, -0.2) is 4.79 Å². The number of carbonyl (C=O) groups is 2. The van der Waals surface area contributed by atoms with E-state index in [9.17, 15) is 9.59 Å². The van der Waals surface area contributed by atoms with Gasteiger partial charge in [0.05, 0.1) is 17.4 Å². The predicted molar refractivity (Wildman–Crippen MR) is 62.1 cm³/mol. The fourth-order valence-corrected chi connectivity index (χ4v) is 1.35. The van der Waals surface area contributed by atoms with Gasteiger partial charge < -0.3 is 16.2 Å². The lowest BCUT2D eigenvalue weighted by Gasteiger charge is -2.07. The number of nitrogens with one attached hydrogen (secondary N) is 2. The number of H-pyrrole nitrogens is 1. The van der Waals surface area contributed by atoms with Crippen LogP contribution in [-0.4, -0.2) is 32.4 Å². The first kappa shape index (κ1) is 11.6. The minimum Gasteiger partial charge on any atom is -0.478 e. The number of carboxylic acid groups (broad SMARTS) is 1. The second-order valence-corrected chi connectivity index (χ2v) is 3.42. The van der Waals surface area contributed by atoms with Crippen LogP contribution < -0.4 is 11.1 Å². The molecule has 2 aromatic rings. The maximum absolute atomic E-state index is 11.7. The van der Waals surface area contributed by atoms with Crippen LogP contribution in [0, 0.1) is 0 Å². The molecule has 8 heteroatoms. The zero-order chi connectivity index (χ0) is 13.1. The standard InChI is InChI=1S/C10H9N5O3/c11-5-1-2-6(10(17)18)7(3-5)13-9(16)8-4-12-15-14-8/h1-4H,11H2,(H,13,16)(H,17,18)(H,12,14,15). The molecular formula is C10H9N5O3. The summed E-state index contributed by atoms with van der Waals surface area (Å²) in [7, 11) is 0. The van der Waals surface area contributed by atoms with Gasteiger partial charge in [0.2, 0.25) is 0 Å². The third-order valence-electron chi connectivity index (χ3n) is 2.17. The molecule has 5 N–H and O–H groups in total. The number of nitrogens with zero attached hydrogens (tertiary/aromatic N) is 2. The topological polar surface area (TPSA) is 134 Å². The minimum absolute atomic E-state index is 0.0498. The number of anilines is 2. The van der Waals surface area contributed by atoms with Gasteiger partial charge >= 0.3 is 5.97 Å². The maximum atomic E-state index is 11.7. The number of nitrogens with two attached hydrogens (primary N) is 1. The molecule has 0 aliphatic heterocycles. The highest BCUT2D eigenvalue weighted by Gasteiger charge is 2.15. The molecule has 0 radical (unpaired) electrons. The van der Waals surface area contributed by atoms with E-state index >= 15 is 0 Å². The third kappa shape index (κ3) is 2.26. The van der Waals surface area contributed by atoms with Crippen molar-refractivity contribution in [2.45, 2.75) is 0 Å². The molecule has 0 bridgehead atoms. The van der Waals surface area contributed by atoms with Crippen molar-refractivity contribution in [3.05, 3.63) is 35.7 Å². The molecular weight excluding hydrogens is 238 g/mol. The van der Waals surface area contributed by atoms with Gasteiger partial charge in [0.25, 0.3) is 5.91 Å². The summed E-state index contributed by atoms with van der Waals surface area (Å²) < 4.78 is 0. The van der Waals surface area contributed by atoms with Gasteiger partial charge in [-0.15, -0.1) is 0 Å². The lowest BCUT2D eigenvalue weighted by atomic mass is 10.1. The molecule has 1 aromatic carbocycles. The summed E-state index contributed by atoms with van der Waals surface area (Å²) in [6.07, 6.45) is 1.22. The van der Waals surface area contributed by atoms with Gasteiger partial charge in [-0.1, -0.05) is 0 Å². The van der Waals surface area contributed by atoms with E-state index in [0.29, 0.717) is 5.69 Å². The van der Waals surface area contributed by atoms with Crippen LogP contribution in [0.5, 0.6) is 0 Å². The van der Waals surface area contributed by atoms with Crippen molar-refractivity contribution in [1.82, 2.24) is 15.4 Å². The third-order valence-corrected chi connectivity index (χ3v) is 2.17. The number of benzene rings is 1. The molecule has 1 aromatic heterocycles. The Bertz CT molecular complexity index is 594. The molecule has 0 aliphatic carbocycles. The Morgan fingerprint density at radius 3 is 2.78 bits per heavy atom. The molecule has 0 spiro atoms. The molecule has 92 valence electrons. The van der Waals surface area contributed by atoms with Crippen molar-refractivity contribution in [3.63, 3.8) is 0 Å². The van der Waals surface area contributed by atoms with E-state index < -0.39 is 11.9 Å². The van der Waals surface area contributed by atoms with Gasteiger partial charge in [-0.2, -0.15) is 15.4 Å². The highest BCUT2D eigenvalue weighted by molar-refractivity contribution is 6.06. The van der Waals surface area contributed by atoms with Crippen molar-refractivity contribution in [2.24, 2.45) is 0 Å². The highest BCUT2D eigenvalue weighted by Crippen LogP contribution is 2.19. The number of rotatable bonds is 3. The van der Waals surface area contributed by atoms with E-state index in [2.05, 4.69) is 20.7 Å². The summed E-state index contributed by atoms with van der Waals surface area (Å²) in [6.45, 7) is 0. The number of aromatic amines is 1. The average molecular weight is 247 g/mol. The number of carbonyl (C=O) groups excluding carboxylic acids is 1. The van der Waals surface area contributed by atoms with Gasteiger partial charge in [0, 0.05) is 5.69 Å². The minimum atomic E-state index is -1.16. The summed E-state index contributed by atoms with van der Waals surface area (Å²) in [5, 5.41) is 20.7. The van der Waals surface area contributed by atoms with E-state index in [1.165, 1.54) is 24.4 Å². The van der Waals surface area contributed by atoms with Crippen LogP contribution in [0.4, 0.5) is 11.4 Å². The number of carboxylic acids is 1. The first-order chi connectivity index (χ1) is 8.58. The molecule has 2 rings (SSSR count). The summed E-state index contributed by atoms with van der Waals surface area (Å²) in [5.74, 6) is -1.73. The van der Waals surface area contributed by atoms with E-state index in [1.807, 2.05) is 0 Å². The second-order valence-electron chi connectivity index (χ2n) is 3.42. The summed E-state index contributed by atoms with van der Waals surface area (Å²) in [5.41, 5.74) is 5.99. The van der Waals surface area contributed by atoms with E-state index in [4.69, 9.17) is 10.8 Å². The molecule has 0 saturated heterocycles. The van der Waals surface area contributed by atoms with Crippen LogP contribution >= 0.6 is 0 Å². The van der Waals surface area contributed by atoms with Crippen molar-refractivity contribution >= 4 is 23.3 Å². The van der Waals surface area contributed by atoms with Crippen molar-refractivity contribution in [3.8, 4) is 0 Å². The summed E-state index contributed by atoms with van der Waals surface area (Å²) in [6, 6.07) is 4.12. The molecule has 1 amide bonds. The molecule has 0 fully saturated rings. The smallest absolute Gasteiger partial charge is 0.337 e. The second kappa shape index (κ2) is 4.53. The Hall–Kier alpha value is -2.90. The first-order valence-electron chi connectivity index (χ1n) is 4.88. The van der Waals surface area contributed by atoms with Crippen LogP contribution in [0.2, 0.25) is 0 Å². The number of amides is 1. The Labute approximate surface area is 101 Å². The Morgan fingerprint density at radius 1 is 1.39 bits per heavy atom. The van der Waals surface area contributed by atoms with E-state index in [1.54, 1.807) is 0 Å². The molecule has 1 heterocycles. The van der Waals surface area contributed by atoms with Crippen molar-refractivity contribution in [2.75, 3.05) is 11.1 Å². The van der Waals surface area contributed by atoms with Crippen LogP contribution in [-0.2, 0) is 0 Å². The zero-order valence-electron chi connectivity index (χ0n) is 9.04. The Kier molecular flexibility index (Phi) is 2.92. The lowest BCUT2D eigenvalue weighted by molar-refractivity contribution is 0.0698. The Morgan fingerprint density at radius 2 is 2.17 bits per heavy atom.